The number of nitrogens with zero attached hydrogens (tertiary/aromatic N) is 1. The second-order valence-electron chi connectivity index (χ2n) is 4.22. The average Bonchev–Trinajstić information content (AvgIpc) is 2.31. The van der Waals surface area contributed by atoms with E-state index >= 15 is 0 Å². The third-order valence-corrected chi connectivity index (χ3v) is 3.03. The van der Waals surface area contributed by atoms with E-state index in [4.69, 9.17) is 0 Å². The molecule has 0 aliphatic rings. The van der Waals surface area contributed by atoms with Crippen molar-refractivity contribution in [3.05, 3.63) is 17.7 Å². The first-order chi connectivity index (χ1) is 7.99. The molecule has 0 aliphatic heterocycles. The molecule has 2 atom stereocenters. The van der Waals surface area contributed by atoms with E-state index in [1.165, 1.54) is 0 Å². The summed E-state index contributed by atoms with van der Waals surface area (Å²) in [6.45, 7) is 6.09. The van der Waals surface area contributed by atoms with E-state index in [9.17, 15) is 8.78 Å². The van der Waals surface area contributed by atoms with Crippen molar-refractivity contribution in [1.29, 1.82) is 0 Å². The fourth-order valence-electron chi connectivity index (χ4n) is 1.45. The predicted octanol–water partition coefficient (Wildman–Crippen LogP) is 3.25. The standard InChI is InChI=1S/C12H19F2N3/c1-5-7(2)8(3)16-12-10(14)6-9(13)11(15-4)17-12/h6-8H,5H2,1-4H3,(H2,15,16,17). The Bertz CT molecular complexity index is 382. The van der Waals surface area contributed by atoms with Gasteiger partial charge in [-0.15, -0.1) is 0 Å². The van der Waals surface area contributed by atoms with Crippen LogP contribution in [0.3, 0.4) is 0 Å². The zero-order valence-electron chi connectivity index (χ0n) is 10.6. The fourth-order valence-corrected chi connectivity index (χ4v) is 1.45. The minimum atomic E-state index is -0.688. The van der Waals surface area contributed by atoms with Gasteiger partial charge in [-0.2, -0.15) is 0 Å². The fraction of sp³-hybridized carbons (Fsp3) is 0.583. The summed E-state index contributed by atoms with van der Waals surface area (Å²) in [4.78, 5) is 3.87. The van der Waals surface area contributed by atoms with Crippen molar-refractivity contribution < 1.29 is 8.78 Å². The molecule has 0 saturated heterocycles. The summed E-state index contributed by atoms with van der Waals surface area (Å²) in [5.74, 6) is -0.837. The van der Waals surface area contributed by atoms with Crippen LogP contribution in [0.25, 0.3) is 0 Å². The van der Waals surface area contributed by atoms with Crippen molar-refractivity contribution in [2.75, 3.05) is 17.7 Å². The molecule has 0 spiro atoms. The van der Waals surface area contributed by atoms with Gasteiger partial charge in [0.25, 0.3) is 0 Å². The number of nitrogens with one attached hydrogen (secondary N) is 2. The molecule has 1 rings (SSSR count). The summed E-state index contributed by atoms with van der Waals surface area (Å²) in [6, 6.07) is 0.919. The highest BCUT2D eigenvalue weighted by Gasteiger charge is 2.15. The molecule has 17 heavy (non-hydrogen) atoms. The molecule has 0 bridgehead atoms. The zero-order chi connectivity index (χ0) is 13.0. The molecule has 0 saturated carbocycles. The topological polar surface area (TPSA) is 37.0 Å². The lowest BCUT2D eigenvalue weighted by molar-refractivity contribution is 0.488. The lowest BCUT2D eigenvalue weighted by Gasteiger charge is -2.21. The number of aromatic nitrogens is 1. The van der Waals surface area contributed by atoms with E-state index in [0.29, 0.717) is 5.92 Å². The first-order valence-corrected chi connectivity index (χ1v) is 5.79. The molecule has 1 aromatic heterocycles. The number of pyridine rings is 1. The Balaban J connectivity index is 2.91. The van der Waals surface area contributed by atoms with E-state index in [1.54, 1.807) is 7.05 Å². The molecule has 2 unspecified atom stereocenters. The SMILES string of the molecule is CCC(C)C(C)Nc1nc(NC)c(F)cc1F. The highest BCUT2D eigenvalue weighted by Crippen LogP contribution is 2.21. The van der Waals surface area contributed by atoms with Gasteiger partial charge in [0.05, 0.1) is 0 Å². The highest BCUT2D eigenvalue weighted by molar-refractivity contribution is 5.47. The smallest absolute Gasteiger partial charge is 0.168 e. The van der Waals surface area contributed by atoms with Crippen LogP contribution in [0, 0.1) is 17.6 Å². The van der Waals surface area contributed by atoms with E-state index in [1.807, 2.05) is 6.92 Å². The molecule has 2 N–H and O–H groups in total. The third kappa shape index (κ3) is 3.28. The van der Waals surface area contributed by atoms with Crippen LogP contribution in [0.1, 0.15) is 27.2 Å². The monoisotopic (exact) mass is 243 g/mol. The van der Waals surface area contributed by atoms with Crippen molar-refractivity contribution in [3.8, 4) is 0 Å². The van der Waals surface area contributed by atoms with Crippen molar-refractivity contribution in [2.24, 2.45) is 5.92 Å². The molecule has 0 radical (unpaired) electrons. The van der Waals surface area contributed by atoms with Gasteiger partial charge in [0.1, 0.15) is 0 Å². The summed E-state index contributed by atoms with van der Waals surface area (Å²) < 4.78 is 26.7. The van der Waals surface area contributed by atoms with Crippen molar-refractivity contribution in [2.45, 2.75) is 33.2 Å². The van der Waals surface area contributed by atoms with Crippen LogP contribution < -0.4 is 10.6 Å². The largest absolute Gasteiger partial charge is 0.371 e. The van der Waals surface area contributed by atoms with Gasteiger partial charge in [0.2, 0.25) is 0 Å². The normalized spacial score (nSPS) is 14.2. The Hall–Kier alpha value is -1.39. The summed E-state index contributed by atoms with van der Waals surface area (Å²) in [7, 11) is 1.55. The van der Waals surface area contributed by atoms with Gasteiger partial charge in [-0.05, 0) is 12.8 Å². The third-order valence-electron chi connectivity index (χ3n) is 3.03. The van der Waals surface area contributed by atoms with E-state index < -0.39 is 11.6 Å². The minimum Gasteiger partial charge on any atom is -0.371 e. The van der Waals surface area contributed by atoms with Crippen LogP contribution in [0.2, 0.25) is 0 Å². The Morgan fingerprint density at radius 2 is 1.82 bits per heavy atom. The number of halogens is 2. The summed E-state index contributed by atoms with van der Waals surface area (Å²) in [6.07, 6.45) is 0.982. The molecule has 1 heterocycles. The molecule has 1 aromatic rings. The average molecular weight is 243 g/mol. The number of hydrogen-bond acceptors (Lipinski definition) is 3. The van der Waals surface area contributed by atoms with Crippen LogP contribution in [0.5, 0.6) is 0 Å². The molecule has 3 nitrogen and oxygen atoms in total. The molecule has 0 aliphatic carbocycles. The van der Waals surface area contributed by atoms with Crippen molar-refractivity contribution >= 4 is 11.6 Å². The Labute approximate surface area is 101 Å². The van der Waals surface area contributed by atoms with Crippen LogP contribution >= 0.6 is 0 Å². The Morgan fingerprint density at radius 3 is 2.35 bits per heavy atom. The molecule has 0 fully saturated rings. The first-order valence-electron chi connectivity index (χ1n) is 5.79. The number of anilines is 2. The second-order valence-corrected chi connectivity index (χ2v) is 4.22. The van der Waals surface area contributed by atoms with Gasteiger partial charge >= 0.3 is 0 Å². The van der Waals surface area contributed by atoms with Crippen molar-refractivity contribution in [1.82, 2.24) is 4.98 Å². The molecule has 96 valence electrons. The van der Waals surface area contributed by atoms with E-state index in [2.05, 4.69) is 29.5 Å². The van der Waals surface area contributed by atoms with Gasteiger partial charge in [-0.3, -0.25) is 0 Å². The molecule has 5 heteroatoms. The molecule has 0 aromatic carbocycles. The maximum atomic E-state index is 13.5. The number of rotatable bonds is 5. The maximum absolute atomic E-state index is 13.5. The Kier molecular flexibility index (Phi) is 4.66. The summed E-state index contributed by atoms with van der Waals surface area (Å²) in [5, 5.41) is 5.56. The predicted molar refractivity (Wildman–Crippen MR) is 66.2 cm³/mol. The van der Waals surface area contributed by atoms with Crippen LogP contribution in [0.15, 0.2) is 6.07 Å². The second kappa shape index (κ2) is 5.80. The van der Waals surface area contributed by atoms with Crippen LogP contribution in [-0.4, -0.2) is 18.1 Å². The lowest BCUT2D eigenvalue weighted by atomic mass is 10.0. The minimum absolute atomic E-state index is 0.0465. The number of hydrogen-bond donors (Lipinski definition) is 2. The van der Waals surface area contributed by atoms with Gasteiger partial charge in [0, 0.05) is 19.2 Å². The molecular weight excluding hydrogens is 224 g/mol. The Morgan fingerprint density at radius 1 is 1.24 bits per heavy atom. The summed E-state index contributed by atoms with van der Waals surface area (Å²) >= 11 is 0. The lowest BCUT2D eigenvalue weighted by Crippen LogP contribution is -2.24. The van der Waals surface area contributed by atoms with E-state index in [-0.39, 0.29) is 17.7 Å². The van der Waals surface area contributed by atoms with Crippen LogP contribution in [-0.2, 0) is 0 Å². The summed E-state index contributed by atoms with van der Waals surface area (Å²) in [5.41, 5.74) is 0. The van der Waals surface area contributed by atoms with Gasteiger partial charge in [-0.25, -0.2) is 13.8 Å². The van der Waals surface area contributed by atoms with Gasteiger partial charge in [0.15, 0.2) is 23.3 Å². The van der Waals surface area contributed by atoms with Crippen LogP contribution in [0.4, 0.5) is 20.4 Å². The highest BCUT2D eigenvalue weighted by atomic mass is 19.1. The zero-order valence-corrected chi connectivity index (χ0v) is 10.6. The van der Waals surface area contributed by atoms with Crippen molar-refractivity contribution in [3.63, 3.8) is 0 Å². The molecular formula is C12H19F2N3. The van der Waals surface area contributed by atoms with Gasteiger partial charge in [-0.1, -0.05) is 20.3 Å². The van der Waals surface area contributed by atoms with E-state index in [0.717, 1.165) is 12.5 Å². The molecule has 0 amide bonds. The maximum Gasteiger partial charge on any atom is 0.168 e. The van der Waals surface area contributed by atoms with Gasteiger partial charge < -0.3 is 10.6 Å². The first kappa shape index (κ1) is 13.7. The quantitative estimate of drug-likeness (QED) is 0.833.